The number of benzene rings is 1. The van der Waals surface area contributed by atoms with Crippen molar-refractivity contribution in [1.82, 2.24) is 29.9 Å². The molecule has 32 heavy (non-hydrogen) atoms. The predicted octanol–water partition coefficient (Wildman–Crippen LogP) is 4.31. The predicted molar refractivity (Wildman–Crippen MR) is 127 cm³/mol. The molecule has 0 aliphatic carbocycles. The van der Waals surface area contributed by atoms with Gasteiger partial charge in [0, 0.05) is 37.1 Å². The standard InChI is InChI=1S/C25H30N6O/c1-6-30-24-23(19(5)29-30)21(13-22(28-24)20-9-7-16(2)8-10-20)25(32)26-14-17(3)15-31-18(4)11-12-27-31/h7-13,17H,6,14-15H2,1-5H3,(H,26,32). The first-order chi connectivity index (χ1) is 15.4. The average molecular weight is 431 g/mol. The van der Waals surface area contributed by atoms with Gasteiger partial charge in [0.2, 0.25) is 0 Å². The molecule has 1 amide bonds. The fourth-order valence-corrected chi connectivity index (χ4v) is 3.94. The van der Waals surface area contributed by atoms with E-state index in [-0.39, 0.29) is 11.8 Å². The van der Waals surface area contributed by atoms with E-state index in [1.165, 1.54) is 5.56 Å². The molecule has 1 aromatic carbocycles. The molecule has 0 spiro atoms. The number of aryl methyl sites for hydroxylation is 4. The van der Waals surface area contributed by atoms with E-state index < -0.39 is 0 Å². The molecular formula is C25H30N6O. The Balaban J connectivity index is 1.65. The number of fused-ring (bicyclic) bond motifs is 1. The van der Waals surface area contributed by atoms with Gasteiger partial charge in [0.05, 0.1) is 22.3 Å². The topological polar surface area (TPSA) is 77.6 Å². The normalized spacial score (nSPS) is 12.3. The van der Waals surface area contributed by atoms with Gasteiger partial charge in [-0.05, 0) is 45.7 Å². The van der Waals surface area contributed by atoms with E-state index in [0.29, 0.717) is 18.7 Å². The van der Waals surface area contributed by atoms with Gasteiger partial charge in [0.15, 0.2) is 5.65 Å². The van der Waals surface area contributed by atoms with E-state index in [9.17, 15) is 4.79 Å². The minimum absolute atomic E-state index is 0.103. The quantitative estimate of drug-likeness (QED) is 0.474. The third kappa shape index (κ3) is 4.28. The van der Waals surface area contributed by atoms with Crippen LogP contribution in [0, 0.1) is 26.7 Å². The molecule has 1 unspecified atom stereocenters. The number of hydrogen-bond donors (Lipinski definition) is 1. The number of hydrogen-bond acceptors (Lipinski definition) is 4. The first kappa shape index (κ1) is 21.7. The third-order valence-electron chi connectivity index (χ3n) is 5.79. The van der Waals surface area contributed by atoms with Crippen LogP contribution in [0.1, 0.15) is 41.2 Å². The van der Waals surface area contributed by atoms with Gasteiger partial charge in [0.1, 0.15) is 0 Å². The van der Waals surface area contributed by atoms with E-state index in [1.54, 1.807) is 6.20 Å². The number of nitrogens with zero attached hydrogens (tertiary/aromatic N) is 5. The Hall–Kier alpha value is -3.48. The summed E-state index contributed by atoms with van der Waals surface area (Å²) in [4.78, 5) is 18.2. The molecule has 0 radical (unpaired) electrons. The van der Waals surface area contributed by atoms with Gasteiger partial charge < -0.3 is 5.32 Å². The monoisotopic (exact) mass is 430 g/mol. The van der Waals surface area contributed by atoms with Crippen molar-refractivity contribution in [2.45, 2.75) is 47.7 Å². The minimum Gasteiger partial charge on any atom is -0.352 e. The molecule has 3 aromatic heterocycles. The van der Waals surface area contributed by atoms with Gasteiger partial charge in [-0.15, -0.1) is 0 Å². The molecule has 1 atom stereocenters. The number of carbonyl (C=O) groups is 1. The molecule has 4 rings (SSSR count). The van der Waals surface area contributed by atoms with Crippen molar-refractivity contribution >= 4 is 16.9 Å². The Morgan fingerprint density at radius 1 is 1.09 bits per heavy atom. The summed E-state index contributed by atoms with van der Waals surface area (Å²) in [6.07, 6.45) is 1.80. The smallest absolute Gasteiger partial charge is 0.252 e. The largest absolute Gasteiger partial charge is 0.352 e. The summed E-state index contributed by atoms with van der Waals surface area (Å²) in [6, 6.07) is 12.1. The molecule has 0 saturated heterocycles. The SMILES string of the molecule is CCn1nc(C)c2c(C(=O)NCC(C)Cn3nccc3C)cc(-c3ccc(C)cc3)nc21. The van der Waals surface area contributed by atoms with Crippen molar-refractivity contribution in [3.05, 3.63) is 65.1 Å². The lowest BCUT2D eigenvalue weighted by atomic mass is 10.0. The average Bonchev–Trinajstić information content (AvgIpc) is 3.34. The van der Waals surface area contributed by atoms with Crippen molar-refractivity contribution < 1.29 is 4.79 Å². The molecule has 7 nitrogen and oxygen atoms in total. The Kier molecular flexibility index (Phi) is 6.08. The highest BCUT2D eigenvalue weighted by Crippen LogP contribution is 2.27. The zero-order chi connectivity index (χ0) is 22.8. The van der Waals surface area contributed by atoms with Crippen molar-refractivity contribution in [2.24, 2.45) is 5.92 Å². The lowest BCUT2D eigenvalue weighted by Crippen LogP contribution is -2.30. The molecule has 0 fully saturated rings. The van der Waals surface area contributed by atoms with Crippen LogP contribution in [0.5, 0.6) is 0 Å². The fraction of sp³-hybridized carbons (Fsp3) is 0.360. The number of aromatic nitrogens is 5. The maximum atomic E-state index is 13.3. The highest BCUT2D eigenvalue weighted by atomic mass is 16.1. The first-order valence-corrected chi connectivity index (χ1v) is 11.1. The van der Waals surface area contributed by atoms with Crippen LogP contribution in [0.15, 0.2) is 42.6 Å². The van der Waals surface area contributed by atoms with E-state index in [1.807, 2.05) is 54.4 Å². The number of pyridine rings is 1. The van der Waals surface area contributed by atoms with Gasteiger partial charge in [-0.25, -0.2) is 9.67 Å². The first-order valence-electron chi connectivity index (χ1n) is 11.1. The van der Waals surface area contributed by atoms with E-state index in [2.05, 4.69) is 41.5 Å². The molecule has 0 bridgehead atoms. The van der Waals surface area contributed by atoms with Crippen molar-refractivity contribution in [3.8, 4) is 11.3 Å². The highest BCUT2D eigenvalue weighted by Gasteiger charge is 2.20. The Bertz CT molecular complexity index is 1250. The number of amides is 1. The van der Waals surface area contributed by atoms with Crippen LogP contribution in [0.3, 0.4) is 0 Å². The van der Waals surface area contributed by atoms with Gasteiger partial charge >= 0.3 is 0 Å². The van der Waals surface area contributed by atoms with E-state index in [4.69, 9.17) is 4.98 Å². The molecule has 0 aliphatic heterocycles. The lowest BCUT2D eigenvalue weighted by molar-refractivity contribution is 0.0948. The van der Waals surface area contributed by atoms with E-state index >= 15 is 0 Å². The zero-order valence-corrected chi connectivity index (χ0v) is 19.4. The molecular weight excluding hydrogens is 400 g/mol. The summed E-state index contributed by atoms with van der Waals surface area (Å²) in [6.45, 7) is 12.2. The lowest BCUT2D eigenvalue weighted by Gasteiger charge is -2.15. The molecule has 166 valence electrons. The summed E-state index contributed by atoms with van der Waals surface area (Å²) >= 11 is 0. The Labute approximate surface area is 188 Å². The summed E-state index contributed by atoms with van der Waals surface area (Å²) in [7, 11) is 0. The van der Waals surface area contributed by atoms with Crippen LogP contribution in [0.25, 0.3) is 22.3 Å². The minimum atomic E-state index is -0.103. The van der Waals surface area contributed by atoms with Crippen LogP contribution in [0.2, 0.25) is 0 Å². The van der Waals surface area contributed by atoms with Crippen LogP contribution in [-0.4, -0.2) is 37.0 Å². The van der Waals surface area contributed by atoms with Crippen molar-refractivity contribution in [3.63, 3.8) is 0 Å². The zero-order valence-electron chi connectivity index (χ0n) is 19.4. The number of carbonyl (C=O) groups excluding carboxylic acids is 1. The molecule has 1 N–H and O–H groups in total. The molecule has 3 heterocycles. The molecule has 4 aromatic rings. The van der Waals surface area contributed by atoms with Crippen LogP contribution < -0.4 is 5.32 Å². The third-order valence-corrected chi connectivity index (χ3v) is 5.79. The summed E-state index contributed by atoms with van der Waals surface area (Å²) in [5.41, 5.74) is 6.23. The van der Waals surface area contributed by atoms with E-state index in [0.717, 1.165) is 40.2 Å². The fourth-order valence-electron chi connectivity index (χ4n) is 3.94. The Morgan fingerprint density at radius 3 is 2.50 bits per heavy atom. The summed E-state index contributed by atoms with van der Waals surface area (Å²) < 4.78 is 3.83. The van der Waals surface area contributed by atoms with Crippen molar-refractivity contribution in [1.29, 1.82) is 0 Å². The second kappa shape index (κ2) is 8.94. The summed E-state index contributed by atoms with van der Waals surface area (Å²) in [5, 5.41) is 12.9. The maximum absolute atomic E-state index is 13.3. The van der Waals surface area contributed by atoms with Gasteiger partial charge in [-0.3, -0.25) is 9.48 Å². The second-order valence-electron chi connectivity index (χ2n) is 8.49. The molecule has 7 heteroatoms. The van der Waals surface area contributed by atoms with Gasteiger partial charge in [-0.2, -0.15) is 10.2 Å². The Morgan fingerprint density at radius 2 is 1.84 bits per heavy atom. The van der Waals surface area contributed by atoms with Crippen molar-refractivity contribution in [2.75, 3.05) is 6.54 Å². The highest BCUT2D eigenvalue weighted by molar-refractivity contribution is 6.07. The molecule has 0 saturated carbocycles. The molecule has 0 aliphatic rings. The number of rotatable bonds is 7. The number of nitrogens with one attached hydrogen (secondary N) is 1. The summed E-state index contributed by atoms with van der Waals surface area (Å²) in [5.74, 6) is 0.138. The van der Waals surface area contributed by atoms with Gasteiger partial charge in [0.25, 0.3) is 5.91 Å². The van der Waals surface area contributed by atoms with Gasteiger partial charge in [-0.1, -0.05) is 36.8 Å². The van der Waals surface area contributed by atoms with Crippen LogP contribution in [-0.2, 0) is 13.1 Å². The maximum Gasteiger partial charge on any atom is 0.252 e. The van der Waals surface area contributed by atoms with Crippen LogP contribution in [0.4, 0.5) is 0 Å². The van der Waals surface area contributed by atoms with Crippen LogP contribution >= 0.6 is 0 Å². The second-order valence-corrected chi connectivity index (χ2v) is 8.49.